The highest BCUT2D eigenvalue weighted by Gasteiger charge is 2.21. The Kier molecular flexibility index (Phi) is 2.75. The molecule has 0 bridgehead atoms. The zero-order valence-electron chi connectivity index (χ0n) is 10.3. The molecule has 0 saturated carbocycles. The summed E-state index contributed by atoms with van der Waals surface area (Å²) in [6.07, 6.45) is 2.61. The van der Waals surface area contributed by atoms with Gasteiger partial charge in [-0.25, -0.2) is 0 Å². The van der Waals surface area contributed by atoms with Crippen molar-refractivity contribution in [2.45, 2.75) is 45.4 Å². The first kappa shape index (κ1) is 11.2. The number of hydrogen-bond donors (Lipinski definition) is 1. The lowest BCUT2D eigenvalue weighted by atomic mass is 9.81. The molecule has 0 spiro atoms. The van der Waals surface area contributed by atoms with Gasteiger partial charge in [-0.3, -0.25) is 4.79 Å². The van der Waals surface area contributed by atoms with Crippen LogP contribution in [0.3, 0.4) is 0 Å². The topological polar surface area (TPSA) is 29.1 Å². The van der Waals surface area contributed by atoms with Gasteiger partial charge in [-0.15, -0.1) is 0 Å². The van der Waals surface area contributed by atoms with Crippen LogP contribution in [0.15, 0.2) is 18.2 Å². The number of hydrogen-bond acceptors (Lipinski definition) is 1. The van der Waals surface area contributed by atoms with E-state index in [1.807, 2.05) is 6.07 Å². The summed E-state index contributed by atoms with van der Waals surface area (Å²) in [4.78, 5) is 11.3. The second-order valence-electron chi connectivity index (χ2n) is 5.16. The van der Waals surface area contributed by atoms with Crippen molar-refractivity contribution in [3.63, 3.8) is 0 Å². The zero-order chi connectivity index (χ0) is 11.8. The minimum atomic E-state index is 0.134. The van der Waals surface area contributed by atoms with Gasteiger partial charge in [-0.1, -0.05) is 32.9 Å². The van der Waals surface area contributed by atoms with Crippen LogP contribution in [0.5, 0.6) is 0 Å². The van der Waals surface area contributed by atoms with Crippen LogP contribution in [0.2, 0.25) is 0 Å². The molecule has 0 fully saturated rings. The van der Waals surface area contributed by atoms with Gasteiger partial charge in [-0.05, 0) is 35.4 Å². The minimum Gasteiger partial charge on any atom is -0.326 e. The first-order chi connectivity index (χ1) is 7.53. The quantitative estimate of drug-likeness (QED) is 0.809. The molecule has 0 aromatic heterocycles. The first-order valence-electron chi connectivity index (χ1n) is 5.96. The Morgan fingerprint density at radius 3 is 2.75 bits per heavy atom. The van der Waals surface area contributed by atoms with E-state index < -0.39 is 0 Å². The van der Waals surface area contributed by atoms with E-state index in [4.69, 9.17) is 0 Å². The van der Waals surface area contributed by atoms with Crippen molar-refractivity contribution in [2.24, 2.45) is 0 Å². The average Bonchev–Trinajstić information content (AvgIpc) is 2.28. The van der Waals surface area contributed by atoms with Gasteiger partial charge < -0.3 is 5.32 Å². The molecule has 16 heavy (non-hydrogen) atoms. The predicted octanol–water partition coefficient (Wildman–Crippen LogP) is 3.26. The molecule has 86 valence electrons. The van der Waals surface area contributed by atoms with E-state index in [1.165, 1.54) is 11.1 Å². The summed E-state index contributed by atoms with van der Waals surface area (Å²) in [6.45, 7) is 6.73. The van der Waals surface area contributed by atoms with E-state index in [-0.39, 0.29) is 11.3 Å². The van der Waals surface area contributed by atoms with Gasteiger partial charge in [0.25, 0.3) is 0 Å². The predicted molar refractivity (Wildman–Crippen MR) is 66.7 cm³/mol. The third kappa shape index (κ3) is 1.97. The van der Waals surface area contributed by atoms with Crippen LogP contribution in [0, 0.1) is 0 Å². The van der Waals surface area contributed by atoms with Gasteiger partial charge in [0.05, 0.1) is 0 Å². The van der Waals surface area contributed by atoms with Crippen LogP contribution in [-0.2, 0) is 16.6 Å². The number of anilines is 1. The largest absolute Gasteiger partial charge is 0.326 e. The van der Waals surface area contributed by atoms with Crippen molar-refractivity contribution in [2.75, 3.05) is 5.32 Å². The summed E-state index contributed by atoms with van der Waals surface area (Å²) in [5.74, 6) is 0.134. The molecule has 0 atom stereocenters. The van der Waals surface area contributed by atoms with Gasteiger partial charge in [0, 0.05) is 12.1 Å². The Bertz CT molecular complexity index is 421. The highest BCUT2D eigenvalue weighted by Crippen LogP contribution is 2.31. The van der Waals surface area contributed by atoms with Crippen molar-refractivity contribution >= 4 is 11.6 Å². The normalized spacial score (nSPS) is 15.6. The molecular weight excluding hydrogens is 198 g/mol. The van der Waals surface area contributed by atoms with Crippen LogP contribution < -0.4 is 5.32 Å². The maximum atomic E-state index is 11.3. The molecule has 1 aliphatic rings. The van der Waals surface area contributed by atoms with Crippen molar-refractivity contribution < 1.29 is 4.79 Å². The smallest absolute Gasteiger partial charge is 0.224 e. The lowest BCUT2D eigenvalue weighted by Crippen LogP contribution is -2.21. The van der Waals surface area contributed by atoms with Gasteiger partial charge in [0.2, 0.25) is 5.91 Å². The Morgan fingerprint density at radius 1 is 1.31 bits per heavy atom. The van der Waals surface area contributed by atoms with Crippen LogP contribution >= 0.6 is 0 Å². The van der Waals surface area contributed by atoms with Crippen LogP contribution in [-0.4, -0.2) is 5.91 Å². The molecule has 1 heterocycles. The molecule has 2 rings (SSSR count). The molecular formula is C14H19NO. The van der Waals surface area contributed by atoms with Crippen molar-refractivity contribution in [1.29, 1.82) is 0 Å². The summed E-state index contributed by atoms with van der Waals surface area (Å²) < 4.78 is 0. The number of rotatable bonds is 2. The first-order valence-corrected chi connectivity index (χ1v) is 5.96. The van der Waals surface area contributed by atoms with Crippen LogP contribution in [0.4, 0.5) is 5.69 Å². The van der Waals surface area contributed by atoms with Crippen molar-refractivity contribution in [1.82, 2.24) is 0 Å². The fourth-order valence-electron chi connectivity index (χ4n) is 2.01. The number of benzene rings is 1. The second-order valence-corrected chi connectivity index (χ2v) is 5.16. The van der Waals surface area contributed by atoms with E-state index in [9.17, 15) is 4.79 Å². The lowest BCUT2D eigenvalue weighted by Gasteiger charge is -2.26. The van der Waals surface area contributed by atoms with E-state index in [2.05, 4.69) is 38.2 Å². The summed E-state index contributed by atoms with van der Waals surface area (Å²) in [5, 5.41) is 2.92. The molecule has 0 saturated heterocycles. The average molecular weight is 217 g/mol. The van der Waals surface area contributed by atoms with Gasteiger partial charge >= 0.3 is 0 Å². The molecule has 1 N–H and O–H groups in total. The number of amides is 1. The zero-order valence-corrected chi connectivity index (χ0v) is 10.3. The van der Waals surface area contributed by atoms with Crippen LogP contribution in [0.25, 0.3) is 0 Å². The highest BCUT2D eigenvalue weighted by atomic mass is 16.1. The molecule has 2 nitrogen and oxygen atoms in total. The monoisotopic (exact) mass is 217 g/mol. The Hall–Kier alpha value is -1.31. The Morgan fingerprint density at radius 2 is 2.06 bits per heavy atom. The fourth-order valence-corrected chi connectivity index (χ4v) is 2.01. The molecule has 1 aliphatic heterocycles. The molecule has 1 aromatic rings. The van der Waals surface area contributed by atoms with Gasteiger partial charge in [-0.2, -0.15) is 0 Å². The number of carbonyl (C=O) groups is 1. The van der Waals surface area contributed by atoms with E-state index in [0.29, 0.717) is 6.42 Å². The van der Waals surface area contributed by atoms with Gasteiger partial charge in [0.15, 0.2) is 0 Å². The summed E-state index contributed by atoms with van der Waals surface area (Å²) in [6, 6.07) is 6.42. The fraction of sp³-hybridized carbons (Fsp3) is 0.500. The molecule has 1 aromatic carbocycles. The Balaban J connectivity index is 2.36. The SMILES string of the molecule is CCC(C)(C)c1ccc2c(c1)CCC(=O)N2. The number of carbonyl (C=O) groups excluding carboxylic acids is 1. The summed E-state index contributed by atoms with van der Waals surface area (Å²) in [5.41, 5.74) is 3.85. The second kappa shape index (κ2) is 3.93. The Labute approximate surface area is 97.1 Å². The van der Waals surface area contributed by atoms with E-state index in [0.717, 1.165) is 18.5 Å². The molecule has 1 amide bonds. The van der Waals surface area contributed by atoms with Crippen LogP contribution in [0.1, 0.15) is 44.7 Å². The molecule has 2 heteroatoms. The van der Waals surface area contributed by atoms with Gasteiger partial charge in [0.1, 0.15) is 0 Å². The molecule has 0 radical (unpaired) electrons. The van der Waals surface area contributed by atoms with Crippen molar-refractivity contribution in [3.05, 3.63) is 29.3 Å². The third-order valence-electron chi connectivity index (χ3n) is 3.67. The third-order valence-corrected chi connectivity index (χ3v) is 3.67. The number of nitrogens with one attached hydrogen (secondary N) is 1. The number of fused-ring (bicyclic) bond motifs is 1. The highest BCUT2D eigenvalue weighted by molar-refractivity contribution is 5.93. The summed E-state index contributed by atoms with van der Waals surface area (Å²) in [7, 11) is 0. The van der Waals surface area contributed by atoms with E-state index in [1.54, 1.807) is 0 Å². The lowest BCUT2D eigenvalue weighted by molar-refractivity contribution is -0.116. The summed E-state index contributed by atoms with van der Waals surface area (Å²) >= 11 is 0. The minimum absolute atomic E-state index is 0.134. The standard InChI is InChI=1S/C14H19NO/c1-4-14(2,3)11-6-7-12-10(9-11)5-8-13(16)15-12/h6-7,9H,4-5,8H2,1-3H3,(H,15,16). The maximum absolute atomic E-state index is 11.3. The van der Waals surface area contributed by atoms with Crippen molar-refractivity contribution in [3.8, 4) is 0 Å². The van der Waals surface area contributed by atoms with E-state index >= 15 is 0 Å². The number of aryl methyl sites for hydroxylation is 1. The maximum Gasteiger partial charge on any atom is 0.224 e. The molecule has 0 unspecified atom stereocenters. The molecule has 0 aliphatic carbocycles.